The smallest absolute Gasteiger partial charge is 0.161 e. The van der Waals surface area contributed by atoms with Gasteiger partial charge in [-0.1, -0.05) is 6.07 Å². The Kier molecular flexibility index (Phi) is 3.58. The Morgan fingerprint density at radius 3 is 2.52 bits per heavy atom. The zero-order valence-corrected chi connectivity index (χ0v) is 14.8. The lowest BCUT2D eigenvalue weighted by Gasteiger charge is -2.51. The standard InChI is InChI=1S/C21H29NO3/c22-11-18-15-1-2-17(23)20(24)16(15)8-19(25-18)21-4-3-12-5-13(9-21)7-14(6-12)10-21/h1-2,12-14,18-19,23-24H,3-11,22H2/t12-,13-,14?,18-,19-,21?/m0/s1. The van der Waals surface area contributed by atoms with E-state index < -0.39 is 0 Å². The number of benzene rings is 1. The highest BCUT2D eigenvalue weighted by Crippen LogP contribution is 2.60. The highest BCUT2D eigenvalue weighted by Gasteiger charge is 2.53. The molecule has 1 aromatic carbocycles. The molecule has 4 N–H and O–H groups in total. The maximum Gasteiger partial charge on any atom is 0.161 e. The Labute approximate surface area is 149 Å². The van der Waals surface area contributed by atoms with Crippen molar-refractivity contribution in [2.24, 2.45) is 28.9 Å². The molecule has 1 aromatic rings. The fourth-order valence-electron chi connectivity index (χ4n) is 6.83. The first-order chi connectivity index (χ1) is 12.1. The summed E-state index contributed by atoms with van der Waals surface area (Å²) in [4.78, 5) is 0. The molecule has 0 saturated heterocycles. The van der Waals surface area contributed by atoms with E-state index in [2.05, 4.69) is 0 Å². The van der Waals surface area contributed by atoms with Gasteiger partial charge in [0, 0.05) is 18.5 Å². The van der Waals surface area contributed by atoms with Crippen LogP contribution in [0, 0.1) is 23.2 Å². The third-order valence-electron chi connectivity index (χ3n) is 7.70. The van der Waals surface area contributed by atoms with Gasteiger partial charge in [-0.15, -0.1) is 0 Å². The van der Waals surface area contributed by atoms with Crippen molar-refractivity contribution >= 4 is 0 Å². The number of aromatic hydroxyl groups is 2. The number of hydrogen-bond acceptors (Lipinski definition) is 4. The van der Waals surface area contributed by atoms with Gasteiger partial charge in [-0.05, 0) is 79.7 Å². The van der Waals surface area contributed by atoms with Crippen molar-refractivity contribution in [2.45, 2.75) is 63.6 Å². The van der Waals surface area contributed by atoms with Crippen LogP contribution in [0.1, 0.15) is 62.2 Å². The van der Waals surface area contributed by atoms with E-state index in [0.29, 0.717) is 13.0 Å². The number of fused-ring (bicyclic) bond motifs is 2. The van der Waals surface area contributed by atoms with E-state index >= 15 is 0 Å². The number of nitrogens with two attached hydrogens (primary N) is 1. The van der Waals surface area contributed by atoms with Crippen molar-refractivity contribution in [1.82, 2.24) is 0 Å². The van der Waals surface area contributed by atoms with Gasteiger partial charge < -0.3 is 20.7 Å². The molecule has 0 spiro atoms. The van der Waals surface area contributed by atoms with E-state index in [1.54, 1.807) is 6.07 Å². The first-order valence-corrected chi connectivity index (χ1v) is 9.97. The average Bonchev–Trinajstić information content (AvgIpc) is 2.82. The number of ether oxygens (including phenoxy) is 1. The summed E-state index contributed by atoms with van der Waals surface area (Å²) in [6.45, 7) is 0.416. The van der Waals surface area contributed by atoms with Crippen LogP contribution in [0.25, 0.3) is 0 Å². The summed E-state index contributed by atoms with van der Waals surface area (Å²) in [6, 6.07) is 3.42. The topological polar surface area (TPSA) is 75.7 Å². The number of phenolic OH excluding ortho intramolecular Hbond substituents is 2. The molecule has 136 valence electrons. The van der Waals surface area contributed by atoms with Crippen LogP contribution < -0.4 is 5.73 Å². The molecule has 1 aliphatic heterocycles. The van der Waals surface area contributed by atoms with Crippen LogP contribution in [-0.4, -0.2) is 22.9 Å². The van der Waals surface area contributed by atoms with Crippen molar-refractivity contribution in [3.63, 3.8) is 0 Å². The van der Waals surface area contributed by atoms with E-state index in [1.807, 2.05) is 6.07 Å². The van der Waals surface area contributed by atoms with Crippen LogP contribution in [0.2, 0.25) is 0 Å². The van der Waals surface area contributed by atoms with Gasteiger partial charge in [0.15, 0.2) is 11.5 Å². The summed E-state index contributed by atoms with van der Waals surface area (Å²) in [6.07, 6.45) is 10.0. The van der Waals surface area contributed by atoms with Crippen LogP contribution in [0.3, 0.4) is 0 Å². The summed E-state index contributed by atoms with van der Waals surface area (Å²) in [5, 5.41) is 20.4. The number of phenols is 2. The monoisotopic (exact) mass is 343 g/mol. The van der Waals surface area contributed by atoms with Crippen LogP contribution in [0.15, 0.2) is 12.1 Å². The quantitative estimate of drug-likeness (QED) is 0.717. The van der Waals surface area contributed by atoms with Crippen LogP contribution in [-0.2, 0) is 11.2 Å². The van der Waals surface area contributed by atoms with Gasteiger partial charge in [0.25, 0.3) is 0 Å². The second-order valence-corrected chi connectivity index (χ2v) is 9.17. The molecule has 6 rings (SSSR count). The molecule has 6 atom stereocenters. The minimum Gasteiger partial charge on any atom is -0.504 e. The second kappa shape index (κ2) is 5.62. The summed E-state index contributed by atoms with van der Waals surface area (Å²) in [5.74, 6) is 2.65. The SMILES string of the molecule is NC[C@@H]1O[C@H](C23CC[C@@H]4CC(C[C@H](C4)C2)C3)Cc2c1ccc(O)c2O. The minimum absolute atomic E-state index is 0.0303. The Morgan fingerprint density at radius 1 is 1.08 bits per heavy atom. The molecule has 4 heteroatoms. The highest BCUT2D eigenvalue weighted by molar-refractivity contribution is 5.51. The van der Waals surface area contributed by atoms with Gasteiger partial charge in [0.05, 0.1) is 12.2 Å². The van der Waals surface area contributed by atoms with E-state index in [-0.39, 0.29) is 29.1 Å². The summed E-state index contributed by atoms with van der Waals surface area (Å²) in [7, 11) is 0. The van der Waals surface area contributed by atoms with Crippen molar-refractivity contribution in [2.75, 3.05) is 6.54 Å². The Morgan fingerprint density at radius 2 is 1.80 bits per heavy atom. The van der Waals surface area contributed by atoms with Crippen molar-refractivity contribution in [3.05, 3.63) is 23.3 Å². The molecule has 5 aliphatic rings. The second-order valence-electron chi connectivity index (χ2n) is 9.17. The van der Waals surface area contributed by atoms with Crippen molar-refractivity contribution in [3.8, 4) is 11.5 Å². The zero-order valence-electron chi connectivity index (χ0n) is 14.8. The summed E-state index contributed by atoms with van der Waals surface area (Å²) in [5.41, 5.74) is 8.07. The van der Waals surface area contributed by atoms with Gasteiger partial charge in [0.2, 0.25) is 0 Å². The van der Waals surface area contributed by atoms with Gasteiger partial charge in [-0.3, -0.25) is 0 Å². The van der Waals surface area contributed by atoms with Crippen molar-refractivity contribution < 1.29 is 14.9 Å². The molecule has 2 unspecified atom stereocenters. The lowest BCUT2D eigenvalue weighted by Crippen LogP contribution is -2.47. The predicted molar refractivity (Wildman–Crippen MR) is 95.4 cm³/mol. The maximum atomic E-state index is 10.5. The molecular formula is C21H29NO3. The fraction of sp³-hybridized carbons (Fsp3) is 0.714. The number of hydrogen-bond donors (Lipinski definition) is 3. The van der Waals surface area contributed by atoms with Gasteiger partial charge in [0.1, 0.15) is 0 Å². The molecular weight excluding hydrogens is 314 g/mol. The Bertz CT molecular complexity index is 674. The fourth-order valence-corrected chi connectivity index (χ4v) is 6.83. The average molecular weight is 343 g/mol. The number of rotatable bonds is 2. The molecule has 0 amide bonds. The molecule has 25 heavy (non-hydrogen) atoms. The molecule has 4 fully saturated rings. The van der Waals surface area contributed by atoms with Crippen LogP contribution in [0.5, 0.6) is 11.5 Å². The van der Waals surface area contributed by atoms with Gasteiger partial charge in [-0.2, -0.15) is 0 Å². The van der Waals surface area contributed by atoms with E-state index in [4.69, 9.17) is 10.5 Å². The third-order valence-corrected chi connectivity index (χ3v) is 7.70. The molecule has 4 bridgehead atoms. The van der Waals surface area contributed by atoms with Crippen LogP contribution in [0.4, 0.5) is 0 Å². The van der Waals surface area contributed by atoms with E-state index in [0.717, 1.165) is 28.9 Å². The lowest BCUT2D eigenvalue weighted by atomic mass is 9.58. The van der Waals surface area contributed by atoms with Crippen LogP contribution >= 0.6 is 0 Å². The maximum absolute atomic E-state index is 10.5. The normalized spacial score (nSPS) is 42.2. The highest BCUT2D eigenvalue weighted by atomic mass is 16.5. The largest absolute Gasteiger partial charge is 0.504 e. The molecule has 1 heterocycles. The first kappa shape index (κ1) is 16.0. The Balaban J connectivity index is 1.53. The molecule has 4 aliphatic carbocycles. The lowest BCUT2D eigenvalue weighted by molar-refractivity contribution is -0.121. The molecule has 0 aromatic heterocycles. The van der Waals surface area contributed by atoms with Gasteiger partial charge in [-0.25, -0.2) is 0 Å². The molecule has 0 radical (unpaired) electrons. The first-order valence-electron chi connectivity index (χ1n) is 9.97. The summed E-state index contributed by atoms with van der Waals surface area (Å²) < 4.78 is 6.58. The predicted octanol–water partition coefficient (Wildman–Crippen LogP) is 3.65. The molecule has 4 saturated carbocycles. The van der Waals surface area contributed by atoms with Gasteiger partial charge >= 0.3 is 0 Å². The third kappa shape index (κ3) is 2.41. The minimum atomic E-state index is -0.173. The Hall–Kier alpha value is -1.26. The zero-order chi connectivity index (χ0) is 17.2. The van der Waals surface area contributed by atoms with E-state index in [9.17, 15) is 10.2 Å². The van der Waals surface area contributed by atoms with E-state index in [1.165, 1.54) is 44.9 Å². The molecule has 4 nitrogen and oxygen atoms in total. The summed E-state index contributed by atoms with van der Waals surface area (Å²) >= 11 is 0. The van der Waals surface area contributed by atoms with Crippen molar-refractivity contribution in [1.29, 1.82) is 0 Å².